The summed E-state index contributed by atoms with van der Waals surface area (Å²) in [6.45, 7) is 12.2. The Morgan fingerprint density at radius 1 is 0.667 bits per heavy atom. The number of carbonyl (C=O) groups excluding carboxylic acids is 2. The molecule has 0 spiro atoms. The van der Waals surface area contributed by atoms with Crippen molar-refractivity contribution >= 4 is 44.2 Å². The van der Waals surface area contributed by atoms with Crippen molar-refractivity contribution in [2.45, 2.75) is 59.4 Å². The molecule has 0 atom stereocenters. The Morgan fingerprint density at radius 3 is 1.71 bits per heavy atom. The molecule has 5 rings (SSSR count). The van der Waals surface area contributed by atoms with E-state index in [-0.39, 0.29) is 53.0 Å². The number of hydrogen-bond donors (Lipinski definition) is 5. The largest absolute Gasteiger partial charge is 0.396 e. The van der Waals surface area contributed by atoms with Gasteiger partial charge in [0.15, 0.2) is 21.4 Å². The van der Waals surface area contributed by atoms with Gasteiger partial charge >= 0.3 is 0 Å². The zero-order valence-corrected chi connectivity index (χ0v) is 29.1. The first-order valence-corrected chi connectivity index (χ1v) is 17.7. The summed E-state index contributed by atoms with van der Waals surface area (Å²) in [5, 5.41) is 28.7. The number of carbonyl (C=O) groups is 2. The second-order valence-corrected chi connectivity index (χ2v) is 14.5. The van der Waals surface area contributed by atoms with Gasteiger partial charge in [0.05, 0.1) is 39.8 Å². The molecule has 0 fully saturated rings. The summed E-state index contributed by atoms with van der Waals surface area (Å²) >= 11 is 0. The van der Waals surface area contributed by atoms with Crippen LogP contribution in [0.25, 0.3) is 0 Å². The van der Waals surface area contributed by atoms with Crippen LogP contribution in [0, 0.1) is 41.5 Å². The third kappa shape index (κ3) is 6.41. The Labute approximate surface area is 282 Å². The Balaban J connectivity index is 1.67. The minimum absolute atomic E-state index is 0.0294. The molecule has 1 aliphatic carbocycles. The minimum atomic E-state index is -3.70. The zero-order valence-electron chi connectivity index (χ0n) is 28.3. The van der Waals surface area contributed by atoms with E-state index < -0.39 is 9.84 Å². The number of aliphatic hydroxyl groups excluding tert-OH is 2. The van der Waals surface area contributed by atoms with Crippen LogP contribution in [0.1, 0.15) is 77.2 Å². The molecule has 9 nitrogen and oxygen atoms in total. The van der Waals surface area contributed by atoms with Crippen molar-refractivity contribution in [1.82, 2.24) is 5.32 Å². The summed E-state index contributed by atoms with van der Waals surface area (Å²) < 4.78 is 26.7. The number of nitrogens with one attached hydrogen (secondary N) is 3. The lowest BCUT2D eigenvalue weighted by molar-refractivity contribution is 0.0980. The monoisotopic (exact) mass is 669 g/mol. The van der Waals surface area contributed by atoms with Gasteiger partial charge in [0.2, 0.25) is 0 Å². The molecular weight excluding hydrogens is 627 g/mol. The first-order chi connectivity index (χ1) is 22.8. The lowest BCUT2D eigenvalue weighted by Crippen LogP contribution is -2.24. The first-order valence-electron chi connectivity index (χ1n) is 16.1. The van der Waals surface area contributed by atoms with E-state index in [1.165, 1.54) is 0 Å². The second kappa shape index (κ2) is 14.0. The Kier molecular flexibility index (Phi) is 10.2. The van der Waals surface area contributed by atoms with Gasteiger partial charge in [-0.2, -0.15) is 0 Å². The average Bonchev–Trinajstić information content (AvgIpc) is 3.04. The van der Waals surface area contributed by atoms with Crippen molar-refractivity contribution in [1.29, 1.82) is 0 Å². The zero-order chi connectivity index (χ0) is 34.9. The fourth-order valence-corrected chi connectivity index (χ4v) is 8.71. The SMILES string of the molecule is Cc1cc(C)c(Nc2ccc(Nc3c(C)cc(C)c(S(=O)(=O)CCCO)c3C)c3c2C(=O)c2ccccc2C3=O)c(C)c1CNCCO. The Morgan fingerprint density at radius 2 is 1.19 bits per heavy atom. The van der Waals surface area contributed by atoms with Gasteiger partial charge in [-0.3, -0.25) is 9.59 Å². The van der Waals surface area contributed by atoms with E-state index in [2.05, 4.69) is 22.0 Å². The predicted molar refractivity (Wildman–Crippen MR) is 190 cm³/mol. The second-order valence-electron chi connectivity index (χ2n) is 12.5. The lowest BCUT2D eigenvalue weighted by Gasteiger charge is -2.26. The van der Waals surface area contributed by atoms with Gasteiger partial charge in [0.1, 0.15) is 0 Å². The van der Waals surface area contributed by atoms with E-state index in [0.717, 1.165) is 33.5 Å². The molecule has 0 radical (unpaired) electrons. The number of rotatable bonds is 12. The van der Waals surface area contributed by atoms with E-state index in [1.807, 2.05) is 27.7 Å². The number of aryl methyl sites for hydroxylation is 4. The number of hydrogen-bond acceptors (Lipinski definition) is 9. The van der Waals surface area contributed by atoms with Crippen molar-refractivity contribution < 1.29 is 28.2 Å². The molecule has 0 bridgehead atoms. The van der Waals surface area contributed by atoms with Gasteiger partial charge in [-0.1, -0.05) is 36.4 Å². The first kappa shape index (κ1) is 35.0. The Hall–Kier alpha value is -4.35. The number of sulfone groups is 1. The molecule has 0 saturated heterocycles. The van der Waals surface area contributed by atoms with Crippen LogP contribution in [0.15, 0.2) is 53.4 Å². The molecule has 4 aromatic rings. The summed E-state index contributed by atoms with van der Waals surface area (Å²) in [4.78, 5) is 28.7. The van der Waals surface area contributed by atoms with E-state index in [1.54, 1.807) is 56.3 Å². The number of fused-ring (bicyclic) bond motifs is 2. The summed E-state index contributed by atoms with van der Waals surface area (Å²) in [6.07, 6.45) is 0.121. The normalized spacial score (nSPS) is 12.6. The fraction of sp³-hybridized carbons (Fsp3) is 0.316. The van der Waals surface area contributed by atoms with Gasteiger partial charge < -0.3 is 26.2 Å². The molecule has 0 unspecified atom stereocenters. The average molecular weight is 670 g/mol. The molecule has 10 heteroatoms. The highest BCUT2D eigenvalue weighted by molar-refractivity contribution is 7.91. The third-order valence-electron chi connectivity index (χ3n) is 9.10. The van der Waals surface area contributed by atoms with Crippen molar-refractivity contribution in [2.24, 2.45) is 0 Å². The van der Waals surface area contributed by atoms with Crippen LogP contribution >= 0.6 is 0 Å². The van der Waals surface area contributed by atoms with Crippen molar-refractivity contribution in [3.8, 4) is 0 Å². The maximum Gasteiger partial charge on any atom is 0.196 e. The molecule has 0 aliphatic heterocycles. The quantitative estimate of drug-likeness (QED) is 0.100. The summed E-state index contributed by atoms with van der Waals surface area (Å²) in [6, 6.07) is 14.2. The summed E-state index contributed by atoms with van der Waals surface area (Å²) in [7, 11) is -3.70. The van der Waals surface area contributed by atoms with Crippen LogP contribution in [0.2, 0.25) is 0 Å². The maximum atomic E-state index is 14.2. The molecule has 5 N–H and O–H groups in total. The van der Waals surface area contributed by atoms with Crippen molar-refractivity contribution in [3.63, 3.8) is 0 Å². The molecule has 0 aromatic heterocycles. The van der Waals surface area contributed by atoms with Crippen LogP contribution in [-0.2, 0) is 16.4 Å². The summed E-state index contributed by atoms with van der Waals surface area (Å²) in [5.74, 6) is -0.788. The van der Waals surface area contributed by atoms with Gasteiger partial charge in [-0.25, -0.2) is 8.42 Å². The molecular formula is C38H43N3O6S. The van der Waals surface area contributed by atoms with E-state index in [4.69, 9.17) is 0 Å². The molecule has 48 heavy (non-hydrogen) atoms. The fourth-order valence-electron chi connectivity index (χ4n) is 6.88. The van der Waals surface area contributed by atoms with Crippen LogP contribution in [0.4, 0.5) is 22.7 Å². The minimum Gasteiger partial charge on any atom is -0.396 e. The molecule has 0 saturated carbocycles. The van der Waals surface area contributed by atoms with E-state index >= 15 is 0 Å². The highest BCUT2D eigenvalue weighted by Gasteiger charge is 2.35. The third-order valence-corrected chi connectivity index (χ3v) is 11.2. The molecule has 0 heterocycles. The highest BCUT2D eigenvalue weighted by atomic mass is 32.2. The number of anilines is 4. The van der Waals surface area contributed by atoms with Crippen LogP contribution in [0.3, 0.4) is 0 Å². The number of benzene rings is 4. The van der Waals surface area contributed by atoms with Crippen molar-refractivity contribution in [3.05, 3.63) is 110 Å². The van der Waals surface area contributed by atoms with Crippen molar-refractivity contribution in [2.75, 3.05) is 36.1 Å². The van der Waals surface area contributed by atoms with Gasteiger partial charge in [-0.05, 0) is 99.0 Å². The topological polar surface area (TPSA) is 145 Å². The standard InChI is InChI=1S/C38H43N3O6S/c1-21-18-22(2)34(25(5)29(21)20-39-14-16-43)40-30-12-13-31(33-32(30)36(44)27-10-7-8-11-28(27)37(33)45)41-35-23(3)19-24(4)38(26(35)6)48(46,47)17-9-15-42/h7-8,10-13,18-19,39-43H,9,14-17,20H2,1-6H3. The van der Waals surface area contributed by atoms with E-state index in [9.17, 15) is 28.2 Å². The molecule has 0 amide bonds. The Bertz CT molecular complexity index is 2050. The lowest BCUT2D eigenvalue weighted by atomic mass is 9.82. The molecule has 4 aromatic carbocycles. The van der Waals surface area contributed by atoms with E-state index in [0.29, 0.717) is 52.4 Å². The number of ketones is 2. The molecule has 252 valence electrons. The van der Waals surface area contributed by atoms with Gasteiger partial charge in [-0.15, -0.1) is 0 Å². The van der Waals surface area contributed by atoms with Gasteiger partial charge in [0, 0.05) is 42.2 Å². The van der Waals surface area contributed by atoms with Crippen LogP contribution in [-0.4, -0.2) is 55.7 Å². The van der Waals surface area contributed by atoms with Gasteiger partial charge in [0.25, 0.3) is 0 Å². The highest BCUT2D eigenvalue weighted by Crippen LogP contribution is 2.41. The predicted octanol–water partition coefficient (Wildman–Crippen LogP) is 6.04. The summed E-state index contributed by atoms with van der Waals surface area (Å²) in [5.41, 5.74) is 9.34. The number of aliphatic hydroxyl groups is 2. The maximum absolute atomic E-state index is 14.2. The van der Waals surface area contributed by atoms with Crippen LogP contribution < -0.4 is 16.0 Å². The smallest absolute Gasteiger partial charge is 0.196 e. The molecule has 1 aliphatic rings. The van der Waals surface area contributed by atoms with Crippen LogP contribution in [0.5, 0.6) is 0 Å².